The third-order valence-corrected chi connectivity index (χ3v) is 7.56. The quantitative estimate of drug-likeness (QED) is 0.0586. The third-order valence-electron chi connectivity index (χ3n) is 7.56. The molecule has 0 unspecified atom stereocenters. The van der Waals surface area contributed by atoms with E-state index in [0.29, 0.717) is 37.0 Å². The number of rotatable bonds is 25. The van der Waals surface area contributed by atoms with Gasteiger partial charge in [0.15, 0.2) is 5.60 Å². The summed E-state index contributed by atoms with van der Waals surface area (Å²) in [5.41, 5.74) is 3.16. The zero-order valence-electron chi connectivity index (χ0n) is 27.1. The Kier molecular flexibility index (Phi) is 19.4. The summed E-state index contributed by atoms with van der Waals surface area (Å²) < 4.78 is 5.46. The second kappa shape index (κ2) is 22.4. The molecule has 0 spiro atoms. The fraction of sp³-hybridized carbons (Fsp3) is 0.571. The predicted octanol–water partition coefficient (Wildman–Crippen LogP) is 4.33. The Morgan fingerprint density at radius 3 is 2.11 bits per heavy atom. The number of aliphatic carboxylic acids is 2. The summed E-state index contributed by atoms with van der Waals surface area (Å²) in [6, 6.07) is 5.36. The Hall–Kier alpha value is -4.17. The first kappa shape index (κ1) is 39.9. The van der Waals surface area contributed by atoms with Crippen LogP contribution in [0.4, 0.5) is 0 Å². The van der Waals surface area contributed by atoms with E-state index in [9.17, 15) is 39.3 Å². The van der Waals surface area contributed by atoms with Crippen molar-refractivity contribution in [3.63, 3.8) is 0 Å². The lowest BCUT2D eigenvalue weighted by atomic mass is 9.82. The molecule has 0 aliphatic carbocycles. The van der Waals surface area contributed by atoms with E-state index in [1.807, 2.05) is 0 Å². The number of carboxylic acid groups (broad SMARTS) is 2. The van der Waals surface area contributed by atoms with E-state index in [2.05, 4.69) is 24.1 Å². The Balaban J connectivity index is 2.83. The van der Waals surface area contributed by atoms with E-state index >= 15 is 0 Å². The molecule has 46 heavy (non-hydrogen) atoms. The van der Waals surface area contributed by atoms with E-state index in [-0.39, 0.29) is 18.8 Å². The summed E-state index contributed by atoms with van der Waals surface area (Å²) in [6.07, 6.45) is 11.6. The molecule has 254 valence electrons. The second-order valence-corrected chi connectivity index (χ2v) is 11.4. The van der Waals surface area contributed by atoms with Crippen molar-refractivity contribution >= 4 is 29.5 Å². The molecule has 3 atom stereocenters. The number of hydrogen-bond donors (Lipinski definition) is 5. The van der Waals surface area contributed by atoms with Crippen molar-refractivity contribution in [3.8, 4) is 17.6 Å². The van der Waals surface area contributed by atoms with E-state index in [1.54, 1.807) is 31.2 Å². The van der Waals surface area contributed by atoms with Crippen LogP contribution in [0, 0.1) is 17.8 Å². The van der Waals surface area contributed by atoms with Gasteiger partial charge in [-0.3, -0.25) is 19.2 Å². The van der Waals surface area contributed by atoms with Crippen molar-refractivity contribution in [1.82, 2.24) is 5.32 Å². The maximum Gasteiger partial charge on any atom is 0.337 e. The van der Waals surface area contributed by atoms with Crippen LogP contribution >= 0.6 is 0 Å². The second-order valence-electron chi connectivity index (χ2n) is 11.4. The van der Waals surface area contributed by atoms with Gasteiger partial charge in [0.2, 0.25) is 11.8 Å². The Morgan fingerprint density at radius 1 is 0.957 bits per heavy atom. The molecule has 2 amide bonds. The number of carbonyl (C=O) groups is 5. The number of Topliss-reactive ketones (excluding diaryl/α,β-unsaturated/α-hetero) is 1. The van der Waals surface area contributed by atoms with Crippen molar-refractivity contribution in [2.75, 3.05) is 6.61 Å². The van der Waals surface area contributed by atoms with Crippen molar-refractivity contribution < 1.29 is 44.0 Å². The van der Waals surface area contributed by atoms with Crippen LogP contribution in [0.5, 0.6) is 5.75 Å². The highest BCUT2D eigenvalue weighted by Crippen LogP contribution is 2.26. The van der Waals surface area contributed by atoms with E-state index in [4.69, 9.17) is 10.5 Å². The molecule has 0 bridgehead atoms. The summed E-state index contributed by atoms with van der Waals surface area (Å²) in [5, 5.41) is 32.4. The van der Waals surface area contributed by atoms with Crippen molar-refractivity contribution in [2.24, 2.45) is 11.7 Å². The van der Waals surface area contributed by atoms with Gasteiger partial charge in [-0.15, -0.1) is 5.92 Å². The zero-order valence-corrected chi connectivity index (χ0v) is 27.1. The van der Waals surface area contributed by atoms with Gasteiger partial charge in [0, 0.05) is 19.3 Å². The van der Waals surface area contributed by atoms with E-state index in [1.165, 1.54) is 18.9 Å². The van der Waals surface area contributed by atoms with Crippen LogP contribution in [-0.2, 0) is 30.4 Å². The number of nitrogens with two attached hydrogens (primary N) is 1. The average Bonchev–Trinajstić information content (AvgIpc) is 3.00. The molecule has 6 N–H and O–H groups in total. The molecule has 0 aliphatic rings. The number of benzene rings is 1. The van der Waals surface area contributed by atoms with E-state index in [0.717, 1.165) is 44.6 Å². The number of primary amides is 1. The Morgan fingerprint density at radius 2 is 1.57 bits per heavy atom. The van der Waals surface area contributed by atoms with Gasteiger partial charge in [0.1, 0.15) is 24.2 Å². The normalized spacial score (nSPS) is 13.5. The number of carbonyl (C=O) groups excluding carboxylic acids is 3. The zero-order chi connectivity index (χ0) is 34.4. The first-order chi connectivity index (χ1) is 21.9. The predicted molar refractivity (Wildman–Crippen MR) is 174 cm³/mol. The van der Waals surface area contributed by atoms with Crippen LogP contribution in [-0.4, -0.2) is 63.1 Å². The smallest absolute Gasteiger partial charge is 0.337 e. The molecule has 1 aromatic carbocycles. The van der Waals surface area contributed by atoms with Gasteiger partial charge < -0.3 is 31.1 Å². The highest BCUT2D eigenvalue weighted by molar-refractivity contribution is 5.95. The SMILES string of the molecule is CC#CCOc1ccc(C[C@H](NC(=O)[C@@H](C=CCCCCCCC(=O)CCCCCCC)[C@@](O)(CC(=O)O)C(=O)O)C(N)=O)cc1. The van der Waals surface area contributed by atoms with Crippen LogP contribution < -0.4 is 15.8 Å². The minimum Gasteiger partial charge on any atom is -0.481 e. The average molecular weight is 643 g/mol. The molecule has 0 saturated carbocycles. The molecule has 0 aromatic heterocycles. The number of carboxylic acids is 2. The fourth-order valence-electron chi connectivity index (χ4n) is 4.87. The summed E-state index contributed by atoms with van der Waals surface area (Å²) in [4.78, 5) is 61.1. The molecule has 1 aromatic rings. The molecular formula is C35H50N2O9. The van der Waals surface area contributed by atoms with Crippen LogP contribution in [0.3, 0.4) is 0 Å². The van der Waals surface area contributed by atoms with Crippen LogP contribution in [0.1, 0.15) is 103 Å². The van der Waals surface area contributed by atoms with Gasteiger partial charge in [-0.25, -0.2) is 4.79 Å². The van der Waals surface area contributed by atoms with Gasteiger partial charge in [-0.2, -0.15) is 0 Å². The topological polar surface area (TPSA) is 193 Å². The minimum atomic E-state index is -2.98. The number of hydrogen-bond acceptors (Lipinski definition) is 7. The lowest BCUT2D eigenvalue weighted by molar-refractivity contribution is -0.172. The van der Waals surface area contributed by atoms with Crippen LogP contribution in [0.25, 0.3) is 0 Å². The first-order valence-corrected chi connectivity index (χ1v) is 16.0. The number of ketones is 1. The number of amides is 2. The van der Waals surface area contributed by atoms with Crippen LogP contribution in [0.15, 0.2) is 36.4 Å². The molecule has 0 aliphatic heterocycles. The molecule has 1 rings (SSSR count). The summed E-state index contributed by atoms with van der Waals surface area (Å²) in [7, 11) is 0. The molecule has 11 nitrogen and oxygen atoms in total. The highest BCUT2D eigenvalue weighted by atomic mass is 16.5. The van der Waals surface area contributed by atoms with Gasteiger partial charge in [0.05, 0.1) is 12.3 Å². The summed E-state index contributed by atoms with van der Waals surface area (Å²) >= 11 is 0. The lowest BCUT2D eigenvalue weighted by Gasteiger charge is -2.29. The lowest BCUT2D eigenvalue weighted by Crippen LogP contribution is -2.56. The standard InChI is InChI=1S/C35H50N2O9/c1-3-5-7-10-13-16-27(38)17-14-11-8-9-12-15-18-29(35(45,34(43)44)25-31(39)40)33(42)37-30(32(36)41)24-26-19-21-28(22-20-26)46-23-6-4-2/h15,18-22,29-30,45H,3,5,7-14,16-17,23-25H2,1-2H3,(H2,36,41)(H,37,42)(H,39,40)(H,43,44)/t29-,30+,35+/m1/s1. The molecule has 0 saturated heterocycles. The van der Waals surface area contributed by atoms with Crippen molar-refractivity contribution in [1.29, 1.82) is 0 Å². The largest absolute Gasteiger partial charge is 0.481 e. The number of ether oxygens (including phenoxy) is 1. The summed E-state index contributed by atoms with van der Waals surface area (Å²) in [5.74, 6) is -1.01. The van der Waals surface area contributed by atoms with Gasteiger partial charge in [-0.1, -0.05) is 75.7 Å². The van der Waals surface area contributed by atoms with Gasteiger partial charge in [0.25, 0.3) is 0 Å². The Bertz CT molecular complexity index is 1220. The third kappa shape index (κ3) is 15.7. The van der Waals surface area contributed by atoms with Crippen molar-refractivity contribution in [3.05, 3.63) is 42.0 Å². The molecule has 0 fully saturated rings. The van der Waals surface area contributed by atoms with Crippen molar-refractivity contribution in [2.45, 2.75) is 115 Å². The van der Waals surface area contributed by atoms with Gasteiger partial charge in [-0.05, 0) is 50.3 Å². The first-order valence-electron chi connectivity index (χ1n) is 16.0. The molecule has 0 heterocycles. The fourth-order valence-corrected chi connectivity index (χ4v) is 4.87. The minimum absolute atomic E-state index is 0.0433. The highest BCUT2D eigenvalue weighted by Gasteiger charge is 2.49. The van der Waals surface area contributed by atoms with Gasteiger partial charge >= 0.3 is 11.9 Å². The Labute approximate surface area is 272 Å². The van der Waals surface area contributed by atoms with Crippen LogP contribution in [0.2, 0.25) is 0 Å². The molecule has 0 radical (unpaired) electrons. The monoisotopic (exact) mass is 642 g/mol. The number of nitrogens with one attached hydrogen (secondary N) is 1. The number of aliphatic hydroxyl groups is 1. The maximum atomic E-state index is 13.3. The maximum absolute atomic E-state index is 13.3. The number of allylic oxidation sites excluding steroid dienone is 1. The van der Waals surface area contributed by atoms with E-state index < -0.39 is 47.7 Å². The number of unbranched alkanes of at least 4 members (excludes halogenated alkanes) is 8. The molecular weight excluding hydrogens is 592 g/mol. The molecule has 11 heteroatoms. The summed E-state index contributed by atoms with van der Waals surface area (Å²) in [6.45, 7) is 4.04.